The number of allylic oxidation sites excluding steroid dienone is 1. The van der Waals surface area contributed by atoms with Crippen LogP contribution in [0.1, 0.15) is 21.5 Å². The third-order valence-corrected chi connectivity index (χ3v) is 4.23. The number of rotatable bonds is 2. The molecule has 0 amide bonds. The molecule has 0 saturated carbocycles. The average molecular weight is 342 g/mol. The number of hydrogen-bond acceptors (Lipinski definition) is 2. The summed E-state index contributed by atoms with van der Waals surface area (Å²) >= 11 is 3.42. The summed E-state index contributed by atoms with van der Waals surface area (Å²) in [5.41, 5.74) is 5.01. The highest BCUT2D eigenvalue weighted by Crippen LogP contribution is 2.30. The summed E-state index contributed by atoms with van der Waals surface area (Å²) in [7, 11) is 4.03. The highest BCUT2D eigenvalue weighted by atomic mass is 79.9. The van der Waals surface area contributed by atoms with Crippen LogP contribution in [0.4, 0.5) is 5.69 Å². The molecule has 21 heavy (non-hydrogen) atoms. The van der Waals surface area contributed by atoms with Crippen molar-refractivity contribution in [2.75, 3.05) is 19.0 Å². The Morgan fingerprint density at radius 3 is 2.48 bits per heavy atom. The minimum atomic E-state index is 0.142. The molecule has 0 heterocycles. The van der Waals surface area contributed by atoms with Crippen molar-refractivity contribution in [1.29, 1.82) is 0 Å². The molecule has 0 bridgehead atoms. The van der Waals surface area contributed by atoms with E-state index in [1.54, 1.807) is 0 Å². The molecule has 106 valence electrons. The van der Waals surface area contributed by atoms with Gasteiger partial charge in [-0.3, -0.25) is 4.79 Å². The Labute approximate surface area is 133 Å². The van der Waals surface area contributed by atoms with Gasteiger partial charge in [0, 0.05) is 41.8 Å². The van der Waals surface area contributed by atoms with Gasteiger partial charge in [-0.2, -0.15) is 0 Å². The van der Waals surface area contributed by atoms with E-state index in [-0.39, 0.29) is 5.78 Å². The fourth-order valence-corrected chi connectivity index (χ4v) is 2.92. The number of halogens is 1. The molecule has 0 N–H and O–H groups in total. The lowest BCUT2D eigenvalue weighted by molar-refractivity contribution is 0.104. The lowest BCUT2D eigenvalue weighted by Crippen LogP contribution is -2.07. The molecule has 0 radical (unpaired) electrons. The van der Waals surface area contributed by atoms with Gasteiger partial charge in [0.15, 0.2) is 5.78 Å². The predicted molar refractivity (Wildman–Crippen MR) is 90.9 cm³/mol. The van der Waals surface area contributed by atoms with Crippen LogP contribution in [0.5, 0.6) is 0 Å². The van der Waals surface area contributed by atoms with E-state index in [9.17, 15) is 4.79 Å². The normalized spacial score (nSPS) is 15.4. The number of fused-ring (bicyclic) bond motifs is 1. The number of hydrogen-bond donors (Lipinski definition) is 0. The third-order valence-electron chi connectivity index (χ3n) is 3.74. The van der Waals surface area contributed by atoms with Crippen molar-refractivity contribution in [3.8, 4) is 0 Å². The standard InChI is InChI=1S/C18H16BrNO/c1-20(2)16-7-3-12(4-8-16)9-14-10-13-5-6-15(19)11-17(13)18(14)21/h3-9,11H,10H2,1-2H3/b14-9+. The second kappa shape index (κ2) is 5.49. The van der Waals surface area contributed by atoms with Crippen LogP contribution in [-0.2, 0) is 6.42 Å². The van der Waals surface area contributed by atoms with Gasteiger partial charge < -0.3 is 4.90 Å². The first-order valence-electron chi connectivity index (χ1n) is 6.85. The summed E-state index contributed by atoms with van der Waals surface area (Å²) in [6.07, 6.45) is 2.71. The monoisotopic (exact) mass is 341 g/mol. The number of benzene rings is 2. The Morgan fingerprint density at radius 1 is 1.10 bits per heavy atom. The highest BCUT2D eigenvalue weighted by Gasteiger charge is 2.24. The van der Waals surface area contributed by atoms with Gasteiger partial charge in [0.2, 0.25) is 0 Å². The molecular formula is C18H16BrNO. The Balaban J connectivity index is 1.90. The van der Waals surface area contributed by atoms with Crippen molar-refractivity contribution >= 4 is 33.5 Å². The Hall–Kier alpha value is -1.87. The minimum absolute atomic E-state index is 0.142. The first kappa shape index (κ1) is 14.1. The van der Waals surface area contributed by atoms with Crippen LogP contribution in [0.15, 0.2) is 52.5 Å². The molecule has 0 fully saturated rings. The van der Waals surface area contributed by atoms with Gasteiger partial charge in [-0.05, 0) is 41.5 Å². The van der Waals surface area contributed by atoms with E-state index in [0.29, 0.717) is 0 Å². The number of carbonyl (C=O) groups excluding carboxylic acids is 1. The Kier molecular flexibility index (Phi) is 3.68. The largest absolute Gasteiger partial charge is 0.378 e. The zero-order valence-electron chi connectivity index (χ0n) is 12.1. The zero-order chi connectivity index (χ0) is 15.0. The van der Waals surface area contributed by atoms with Crippen LogP contribution in [0, 0.1) is 0 Å². The summed E-state index contributed by atoms with van der Waals surface area (Å²) in [6, 6.07) is 14.1. The molecule has 2 aromatic rings. The van der Waals surface area contributed by atoms with Gasteiger partial charge in [-0.1, -0.05) is 34.1 Å². The maximum Gasteiger partial charge on any atom is 0.189 e. The summed E-state index contributed by atoms with van der Waals surface area (Å²) in [5.74, 6) is 0.142. The number of nitrogens with zero attached hydrogens (tertiary/aromatic N) is 1. The summed E-state index contributed by atoms with van der Waals surface area (Å²) in [6.45, 7) is 0. The number of carbonyl (C=O) groups is 1. The molecule has 0 aliphatic heterocycles. The second-order valence-electron chi connectivity index (χ2n) is 5.46. The molecule has 3 rings (SSSR count). The SMILES string of the molecule is CN(C)c1ccc(/C=C2\Cc3ccc(Br)cc3C2=O)cc1. The second-order valence-corrected chi connectivity index (χ2v) is 6.38. The molecule has 0 aromatic heterocycles. The van der Waals surface area contributed by atoms with Crippen molar-refractivity contribution in [3.63, 3.8) is 0 Å². The zero-order valence-corrected chi connectivity index (χ0v) is 13.6. The van der Waals surface area contributed by atoms with Crippen molar-refractivity contribution < 1.29 is 4.79 Å². The number of ketones is 1. The van der Waals surface area contributed by atoms with Crippen LogP contribution >= 0.6 is 15.9 Å². The van der Waals surface area contributed by atoms with Gasteiger partial charge >= 0.3 is 0 Å². The van der Waals surface area contributed by atoms with E-state index in [2.05, 4.69) is 45.1 Å². The van der Waals surface area contributed by atoms with E-state index < -0.39 is 0 Å². The van der Waals surface area contributed by atoms with E-state index in [1.165, 1.54) is 0 Å². The summed E-state index contributed by atoms with van der Waals surface area (Å²) in [5, 5.41) is 0. The van der Waals surface area contributed by atoms with Gasteiger partial charge in [0.05, 0.1) is 0 Å². The van der Waals surface area contributed by atoms with Gasteiger partial charge in [-0.15, -0.1) is 0 Å². The van der Waals surface area contributed by atoms with Crippen molar-refractivity contribution in [2.45, 2.75) is 6.42 Å². The molecular weight excluding hydrogens is 326 g/mol. The molecule has 1 aliphatic rings. The Morgan fingerprint density at radius 2 is 1.81 bits per heavy atom. The van der Waals surface area contributed by atoms with Gasteiger partial charge in [-0.25, -0.2) is 0 Å². The molecule has 3 heteroatoms. The first-order chi connectivity index (χ1) is 10.0. The average Bonchev–Trinajstić information content (AvgIpc) is 2.76. The quantitative estimate of drug-likeness (QED) is 0.757. The van der Waals surface area contributed by atoms with Gasteiger partial charge in [0.25, 0.3) is 0 Å². The van der Waals surface area contributed by atoms with Crippen LogP contribution in [0.3, 0.4) is 0 Å². The van der Waals surface area contributed by atoms with Crippen LogP contribution in [0.2, 0.25) is 0 Å². The highest BCUT2D eigenvalue weighted by molar-refractivity contribution is 9.10. The van der Waals surface area contributed by atoms with E-state index in [1.807, 2.05) is 38.4 Å². The van der Waals surface area contributed by atoms with E-state index in [4.69, 9.17) is 0 Å². The molecule has 1 aliphatic carbocycles. The fourth-order valence-electron chi connectivity index (χ4n) is 2.56. The van der Waals surface area contributed by atoms with Crippen LogP contribution in [-0.4, -0.2) is 19.9 Å². The lowest BCUT2D eigenvalue weighted by atomic mass is 10.1. The third kappa shape index (κ3) is 2.79. The van der Waals surface area contributed by atoms with Crippen molar-refractivity contribution in [1.82, 2.24) is 0 Å². The van der Waals surface area contributed by atoms with Gasteiger partial charge in [0.1, 0.15) is 0 Å². The number of anilines is 1. The minimum Gasteiger partial charge on any atom is -0.378 e. The number of Topliss-reactive ketones (excluding diaryl/α,β-unsaturated/α-hetero) is 1. The molecule has 0 unspecified atom stereocenters. The van der Waals surface area contributed by atoms with E-state index >= 15 is 0 Å². The smallest absolute Gasteiger partial charge is 0.189 e. The van der Waals surface area contributed by atoms with E-state index in [0.717, 1.165) is 38.8 Å². The lowest BCUT2D eigenvalue weighted by Gasteiger charge is -2.11. The summed E-state index contributed by atoms with van der Waals surface area (Å²) < 4.78 is 0.950. The Bertz CT molecular complexity index is 729. The predicted octanol–water partition coefficient (Wildman–Crippen LogP) is 4.34. The van der Waals surface area contributed by atoms with Crippen LogP contribution in [0.25, 0.3) is 6.08 Å². The maximum absolute atomic E-state index is 12.4. The topological polar surface area (TPSA) is 20.3 Å². The molecule has 0 saturated heterocycles. The molecule has 0 spiro atoms. The fraction of sp³-hybridized carbons (Fsp3) is 0.167. The first-order valence-corrected chi connectivity index (χ1v) is 7.65. The molecule has 2 aromatic carbocycles. The summed E-state index contributed by atoms with van der Waals surface area (Å²) in [4.78, 5) is 14.5. The van der Waals surface area contributed by atoms with Crippen molar-refractivity contribution in [3.05, 3.63) is 69.2 Å². The van der Waals surface area contributed by atoms with Crippen molar-refractivity contribution in [2.24, 2.45) is 0 Å². The van der Waals surface area contributed by atoms with Crippen LogP contribution < -0.4 is 4.90 Å². The maximum atomic E-state index is 12.4. The molecule has 0 atom stereocenters. The molecule has 2 nitrogen and oxygen atoms in total.